The van der Waals surface area contributed by atoms with Gasteiger partial charge in [0.15, 0.2) is 27.0 Å². The van der Waals surface area contributed by atoms with Crippen LogP contribution in [-0.4, -0.2) is 67.1 Å². The lowest BCUT2D eigenvalue weighted by molar-refractivity contribution is 0.0563. The summed E-state index contributed by atoms with van der Waals surface area (Å²) in [7, 11) is -3.77. The van der Waals surface area contributed by atoms with Crippen LogP contribution in [-0.2, 0) is 9.84 Å². The summed E-state index contributed by atoms with van der Waals surface area (Å²) >= 11 is 0. The molecule has 2 saturated heterocycles. The maximum Gasteiger partial charge on any atom is 0.276 e. The van der Waals surface area contributed by atoms with Crippen LogP contribution in [0.5, 0.6) is 0 Å². The summed E-state index contributed by atoms with van der Waals surface area (Å²) < 4.78 is 27.6. The Morgan fingerprint density at radius 2 is 1.63 bits per heavy atom. The molecule has 2 aliphatic rings. The molecular formula is C30H29N9O3S. The van der Waals surface area contributed by atoms with Gasteiger partial charge < -0.3 is 16.4 Å². The van der Waals surface area contributed by atoms with Crippen LogP contribution >= 0.6 is 0 Å². The number of nitrogens with zero attached hydrogens (tertiary/aromatic N) is 7. The second-order valence-electron chi connectivity index (χ2n) is 11.1. The van der Waals surface area contributed by atoms with Crippen LogP contribution in [0.15, 0.2) is 72.1 Å². The number of carbonyl (C=O) groups is 1. The highest BCUT2D eigenvalue weighted by Crippen LogP contribution is 2.46. The fraction of sp³-hybridized carbons (Fsp3) is 0.267. The smallest absolute Gasteiger partial charge is 0.276 e. The van der Waals surface area contributed by atoms with Gasteiger partial charge in [0.05, 0.1) is 17.6 Å². The Labute approximate surface area is 247 Å². The number of anilines is 2. The summed E-state index contributed by atoms with van der Waals surface area (Å²) in [5.74, 6) is -0.389. The van der Waals surface area contributed by atoms with Crippen LogP contribution in [0.3, 0.4) is 0 Å². The van der Waals surface area contributed by atoms with E-state index < -0.39 is 9.84 Å². The molecule has 0 spiro atoms. The normalized spacial score (nSPS) is 20.0. The number of benzene rings is 1. The zero-order valence-electron chi connectivity index (χ0n) is 23.3. The molecule has 2 aliphatic heterocycles. The Morgan fingerprint density at radius 3 is 2.28 bits per heavy atom. The lowest BCUT2D eigenvalue weighted by Crippen LogP contribution is -2.46. The van der Waals surface area contributed by atoms with Crippen molar-refractivity contribution >= 4 is 33.0 Å². The van der Waals surface area contributed by atoms with Gasteiger partial charge >= 0.3 is 0 Å². The first kappa shape index (κ1) is 27.0. The van der Waals surface area contributed by atoms with E-state index in [2.05, 4.69) is 20.1 Å². The number of pyridine rings is 1. The van der Waals surface area contributed by atoms with E-state index >= 15 is 0 Å². The molecule has 4 N–H and O–H groups in total. The third kappa shape index (κ3) is 4.56. The van der Waals surface area contributed by atoms with Gasteiger partial charge in [-0.15, -0.1) is 0 Å². The van der Waals surface area contributed by atoms with Crippen molar-refractivity contribution in [2.45, 2.75) is 48.6 Å². The highest BCUT2D eigenvalue weighted by molar-refractivity contribution is 7.91. The van der Waals surface area contributed by atoms with Crippen LogP contribution < -0.4 is 11.5 Å². The molecular weight excluding hydrogens is 566 g/mol. The summed E-state index contributed by atoms with van der Waals surface area (Å²) in [5, 5.41) is 4.41. The molecule has 4 aromatic heterocycles. The number of nitrogens with two attached hydrogens (primary N) is 2. The fourth-order valence-corrected chi connectivity index (χ4v) is 7.64. The standard InChI is InChI=1S/C30H29N9O3S/c1-43(41,42)26-24(19-13-20-8-9-21(14-19)38(20)30(40)25-27(31)34-12-11-33-25)37-29-22(16-36-39(29)28(26)32)18-7-10-23(35-15-18)17-5-3-2-4-6-17/h2-7,10-12,15-16,19-21H,8-9,13-14,32H2,1H3,(H2,31,34)/t19?,20-,21+. The van der Waals surface area contributed by atoms with Gasteiger partial charge in [0.1, 0.15) is 10.7 Å². The molecule has 2 fully saturated rings. The number of sulfone groups is 1. The summed E-state index contributed by atoms with van der Waals surface area (Å²) in [6, 6.07) is 13.5. The second kappa shape index (κ2) is 10.1. The second-order valence-corrected chi connectivity index (χ2v) is 13.1. The molecule has 218 valence electrons. The predicted molar refractivity (Wildman–Crippen MR) is 161 cm³/mol. The van der Waals surface area contributed by atoms with E-state index in [0.717, 1.165) is 35.9 Å². The summed E-state index contributed by atoms with van der Waals surface area (Å²) in [6.45, 7) is 0. The van der Waals surface area contributed by atoms with Gasteiger partial charge in [-0.25, -0.2) is 23.4 Å². The lowest BCUT2D eigenvalue weighted by atomic mass is 9.87. The summed E-state index contributed by atoms with van der Waals surface area (Å²) in [5.41, 5.74) is 16.8. The summed E-state index contributed by atoms with van der Waals surface area (Å²) in [6.07, 6.45) is 10.1. The minimum atomic E-state index is -3.77. The monoisotopic (exact) mass is 595 g/mol. The van der Waals surface area contributed by atoms with Gasteiger partial charge in [0, 0.05) is 59.5 Å². The molecule has 1 aromatic carbocycles. The molecule has 0 aliphatic carbocycles. The molecule has 1 unspecified atom stereocenters. The lowest BCUT2D eigenvalue weighted by Gasteiger charge is -2.39. The van der Waals surface area contributed by atoms with Crippen LogP contribution in [0.1, 0.15) is 47.8 Å². The van der Waals surface area contributed by atoms with E-state index in [0.29, 0.717) is 29.7 Å². The first-order chi connectivity index (χ1) is 20.7. The molecule has 1 amide bonds. The Morgan fingerprint density at radius 1 is 0.907 bits per heavy atom. The number of nitrogen functional groups attached to an aromatic ring is 2. The van der Waals surface area contributed by atoms with Gasteiger partial charge in [-0.2, -0.15) is 9.61 Å². The maximum absolute atomic E-state index is 13.5. The van der Waals surface area contributed by atoms with E-state index in [1.165, 1.54) is 16.9 Å². The number of hydrogen-bond donors (Lipinski definition) is 2. The Bertz CT molecular complexity index is 1960. The maximum atomic E-state index is 13.5. The molecule has 0 saturated carbocycles. The van der Waals surface area contributed by atoms with Crippen molar-refractivity contribution in [1.82, 2.24) is 34.4 Å². The topological polar surface area (TPSA) is 175 Å². The van der Waals surface area contributed by atoms with Crippen molar-refractivity contribution in [2.75, 3.05) is 17.7 Å². The zero-order valence-corrected chi connectivity index (χ0v) is 24.1. The highest BCUT2D eigenvalue weighted by atomic mass is 32.2. The Hall–Kier alpha value is -4.91. The zero-order chi connectivity index (χ0) is 29.9. The SMILES string of the molecule is CS(=O)(=O)c1c(C2C[C@H]3CC[C@@H](C2)N3C(=O)c2nccnc2N)nc2c(-c3ccc(-c4ccccc4)nc3)cnn2c1N. The van der Waals surface area contributed by atoms with Gasteiger partial charge in [0.2, 0.25) is 0 Å². The molecule has 13 heteroatoms. The number of piperidine rings is 1. The van der Waals surface area contributed by atoms with Crippen molar-refractivity contribution in [3.05, 3.63) is 78.6 Å². The van der Waals surface area contributed by atoms with Gasteiger partial charge in [-0.3, -0.25) is 9.78 Å². The van der Waals surface area contributed by atoms with Crippen LogP contribution in [0.4, 0.5) is 11.6 Å². The number of amides is 1. The van der Waals surface area contributed by atoms with E-state index in [-0.39, 0.29) is 46.1 Å². The van der Waals surface area contributed by atoms with Crippen LogP contribution in [0, 0.1) is 0 Å². The quantitative estimate of drug-likeness (QED) is 0.306. The molecule has 12 nitrogen and oxygen atoms in total. The molecule has 43 heavy (non-hydrogen) atoms. The third-order valence-electron chi connectivity index (χ3n) is 8.46. The molecule has 2 bridgehead atoms. The van der Waals surface area contributed by atoms with Crippen LogP contribution in [0.25, 0.3) is 28.0 Å². The third-order valence-corrected chi connectivity index (χ3v) is 9.62. The first-order valence-electron chi connectivity index (χ1n) is 14.0. The van der Waals surface area contributed by atoms with E-state index in [1.54, 1.807) is 12.4 Å². The van der Waals surface area contributed by atoms with Crippen LogP contribution in [0.2, 0.25) is 0 Å². The van der Waals surface area contributed by atoms with Crippen molar-refractivity contribution in [3.8, 4) is 22.4 Å². The van der Waals surface area contributed by atoms with Crippen molar-refractivity contribution in [3.63, 3.8) is 0 Å². The number of carbonyl (C=O) groups excluding carboxylic acids is 1. The average molecular weight is 596 g/mol. The number of hydrogen-bond acceptors (Lipinski definition) is 10. The number of rotatable bonds is 5. The molecule has 7 rings (SSSR count). The first-order valence-corrected chi connectivity index (χ1v) is 15.9. The fourth-order valence-electron chi connectivity index (χ4n) is 6.58. The number of fused-ring (bicyclic) bond motifs is 3. The predicted octanol–water partition coefficient (Wildman–Crippen LogP) is 3.37. The van der Waals surface area contributed by atoms with Gasteiger partial charge in [-0.1, -0.05) is 36.4 Å². The van der Waals surface area contributed by atoms with Crippen molar-refractivity contribution in [2.24, 2.45) is 0 Å². The molecule has 3 atom stereocenters. The largest absolute Gasteiger partial charge is 0.382 e. The molecule has 5 aromatic rings. The van der Waals surface area contributed by atoms with E-state index in [4.69, 9.17) is 16.5 Å². The molecule has 0 radical (unpaired) electrons. The minimum absolute atomic E-state index is 0.0146. The van der Waals surface area contributed by atoms with E-state index in [9.17, 15) is 13.2 Å². The summed E-state index contributed by atoms with van der Waals surface area (Å²) in [4.78, 5) is 33.1. The van der Waals surface area contributed by atoms with Gasteiger partial charge in [-0.05, 0) is 31.7 Å². The number of aromatic nitrogens is 6. The van der Waals surface area contributed by atoms with E-state index in [1.807, 2.05) is 47.4 Å². The average Bonchev–Trinajstić information content (AvgIpc) is 3.55. The van der Waals surface area contributed by atoms with Crippen molar-refractivity contribution in [1.29, 1.82) is 0 Å². The molecule has 6 heterocycles. The Kier molecular flexibility index (Phi) is 6.34. The van der Waals surface area contributed by atoms with Crippen molar-refractivity contribution < 1.29 is 13.2 Å². The Balaban J connectivity index is 1.27. The van der Waals surface area contributed by atoms with Gasteiger partial charge in [0.25, 0.3) is 5.91 Å². The highest BCUT2D eigenvalue weighted by Gasteiger charge is 2.46. The minimum Gasteiger partial charge on any atom is -0.382 e.